The van der Waals surface area contributed by atoms with Crippen molar-refractivity contribution in [1.29, 1.82) is 0 Å². The van der Waals surface area contributed by atoms with Crippen LogP contribution in [0.3, 0.4) is 0 Å². The Hall–Kier alpha value is -2.87. The molecule has 0 aliphatic rings. The van der Waals surface area contributed by atoms with E-state index in [4.69, 9.17) is 9.47 Å². The van der Waals surface area contributed by atoms with Gasteiger partial charge in [0.2, 0.25) is 0 Å². The minimum atomic E-state index is -4.36. The highest BCUT2D eigenvalue weighted by molar-refractivity contribution is 7.15. The molecule has 0 saturated carbocycles. The molecule has 0 aliphatic carbocycles. The largest absolute Gasteiger partial charge is 0.488 e. The van der Waals surface area contributed by atoms with E-state index in [-0.39, 0.29) is 12.4 Å². The highest BCUT2D eigenvalue weighted by atomic mass is 32.1. The summed E-state index contributed by atoms with van der Waals surface area (Å²) in [4.78, 5) is 17.1. The van der Waals surface area contributed by atoms with Crippen LogP contribution in [-0.2, 0) is 17.6 Å². The second kappa shape index (κ2) is 8.94. The molecule has 0 aliphatic heterocycles. The smallest absolute Gasteiger partial charge is 0.416 e. The van der Waals surface area contributed by atoms with Crippen LogP contribution in [0.5, 0.6) is 11.5 Å². The Morgan fingerprint density at radius 1 is 1.06 bits per heavy atom. The number of ketones is 1. The number of aryl methyl sites for hydroxylation is 2. The Balaban J connectivity index is 1.70. The number of Topliss-reactive ketones (excluding diaryl/α,β-unsaturated/α-hetero) is 1. The van der Waals surface area contributed by atoms with E-state index in [1.54, 1.807) is 26.0 Å². The second-order valence-corrected chi connectivity index (χ2v) is 9.07. The van der Waals surface area contributed by atoms with E-state index >= 15 is 0 Å². The molecule has 0 saturated heterocycles. The maximum absolute atomic E-state index is 12.8. The standard InChI is InChI=1S/C24H24F3NO3S/c1-14-12-19(10-11-20(14)31-23(4,5)16(3)29)30-13-21-15(2)28-22(32-21)17-6-8-18(9-7-17)24(25,26)27/h6-12H,13H2,1-5H3. The van der Waals surface area contributed by atoms with Crippen molar-refractivity contribution < 1.29 is 27.4 Å². The van der Waals surface area contributed by atoms with Crippen molar-refractivity contribution in [3.63, 3.8) is 0 Å². The van der Waals surface area contributed by atoms with Gasteiger partial charge in [-0.05, 0) is 70.5 Å². The zero-order chi connectivity index (χ0) is 23.7. The van der Waals surface area contributed by atoms with Crippen molar-refractivity contribution in [2.24, 2.45) is 0 Å². The molecule has 32 heavy (non-hydrogen) atoms. The molecule has 0 N–H and O–H groups in total. The van der Waals surface area contributed by atoms with Crippen molar-refractivity contribution in [1.82, 2.24) is 4.98 Å². The van der Waals surface area contributed by atoms with Crippen LogP contribution in [0.4, 0.5) is 13.2 Å². The molecular formula is C24H24F3NO3S. The van der Waals surface area contributed by atoms with E-state index in [1.807, 2.05) is 19.9 Å². The van der Waals surface area contributed by atoms with Crippen molar-refractivity contribution in [2.45, 2.75) is 53.0 Å². The Morgan fingerprint density at radius 3 is 2.28 bits per heavy atom. The fourth-order valence-corrected chi connectivity index (χ4v) is 3.79. The Bertz CT molecular complexity index is 1120. The quantitative estimate of drug-likeness (QED) is 0.388. The second-order valence-electron chi connectivity index (χ2n) is 7.99. The molecule has 0 amide bonds. The van der Waals surface area contributed by atoms with E-state index in [0.717, 1.165) is 28.3 Å². The molecule has 170 valence electrons. The molecule has 2 aromatic carbocycles. The van der Waals surface area contributed by atoms with Gasteiger partial charge < -0.3 is 9.47 Å². The fourth-order valence-electron chi connectivity index (χ4n) is 2.81. The summed E-state index contributed by atoms with van der Waals surface area (Å²) in [6.07, 6.45) is -4.36. The molecule has 3 aromatic rings. The van der Waals surface area contributed by atoms with Crippen LogP contribution in [0.15, 0.2) is 42.5 Å². The van der Waals surface area contributed by atoms with Crippen LogP contribution < -0.4 is 9.47 Å². The number of aromatic nitrogens is 1. The summed E-state index contributed by atoms with van der Waals surface area (Å²) < 4.78 is 50.0. The summed E-state index contributed by atoms with van der Waals surface area (Å²) in [5.74, 6) is 1.18. The van der Waals surface area contributed by atoms with Crippen molar-refractivity contribution in [3.8, 4) is 22.1 Å². The van der Waals surface area contributed by atoms with Gasteiger partial charge in [0.1, 0.15) is 23.1 Å². The molecule has 0 fully saturated rings. The van der Waals surface area contributed by atoms with Crippen molar-refractivity contribution in [3.05, 3.63) is 64.2 Å². The van der Waals surface area contributed by atoms with E-state index in [0.29, 0.717) is 22.1 Å². The third-order valence-electron chi connectivity index (χ3n) is 5.08. The van der Waals surface area contributed by atoms with E-state index < -0.39 is 17.3 Å². The first-order valence-corrected chi connectivity index (χ1v) is 10.8. The summed E-state index contributed by atoms with van der Waals surface area (Å²) in [5, 5.41) is 0.640. The van der Waals surface area contributed by atoms with E-state index in [1.165, 1.54) is 30.4 Å². The Morgan fingerprint density at radius 2 is 1.72 bits per heavy atom. The molecule has 0 bridgehead atoms. The Labute approximate surface area is 189 Å². The number of nitrogens with zero attached hydrogens (tertiary/aromatic N) is 1. The minimum absolute atomic E-state index is 0.0678. The number of thiazole rings is 1. The maximum atomic E-state index is 12.8. The van der Waals surface area contributed by atoms with Gasteiger partial charge in [-0.2, -0.15) is 13.2 Å². The molecular weight excluding hydrogens is 439 g/mol. The minimum Gasteiger partial charge on any atom is -0.488 e. The van der Waals surface area contributed by atoms with Crippen LogP contribution in [0.2, 0.25) is 0 Å². The molecule has 0 atom stereocenters. The van der Waals surface area contributed by atoms with Gasteiger partial charge in [-0.15, -0.1) is 11.3 Å². The first-order valence-electron chi connectivity index (χ1n) is 9.94. The highest BCUT2D eigenvalue weighted by Gasteiger charge is 2.30. The van der Waals surface area contributed by atoms with Crippen molar-refractivity contribution >= 4 is 17.1 Å². The molecule has 3 rings (SSSR count). The molecule has 0 spiro atoms. The molecule has 0 radical (unpaired) electrons. The van der Waals surface area contributed by atoms with Crippen molar-refractivity contribution in [2.75, 3.05) is 0 Å². The summed E-state index contributed by atoms with van der Waals surface area (Å²) >= 11 is 1.38. The normalized spacial score (nSPS) is 12.0. The number of rotatable bonds is 7. The van der Waals surface area contributed by atoms with Gasteiger partial charge in [-0.1, -0.05) is 12.1 Å². The predicted octanol–water partition coefficient (Wildman–Crippen LogP) is 6.77. The average Bonchev–Trinajstić information content (AvgIpc) is 3.08. The van der Waals surface area contributed by atoms with Crippen LogP contribution in [-0.4, -0.2) is 16.4 Å². The van der Waals surface area contributed by atoms with Crippen LogP contribution in [0.25, 0.3) is 10.6 Å². The zero-order valence-electron chi connectivity index (χ0n) is 18.5. The monoisotopic (exact) mass is 463 g/mol. The third-order valence-corrected chi connectivity index (χ3v) is 6.26. The third kappa shape index (κ3) is 5.48. The molecule has 0 unspecified atom stereocenters. The number of alkyl halides is 3. The molecule has 1 aromatic heterocycles. The average molecular weight is 464 g/mol. The van der Waals surface area contributed by atoms with Gasteiger partial charge in [0.25, 0.3) is 0 Å². The van der Waals surface area contributed by atoms with Gasteiger partial charge in [-0.25, -0.2) is 4.98 Å². The van der Waals surface area contributed by atoms with Gasteiger partial charge in [0, 0.05) is 5.56 Å². The van der Waals surface area contributed by atoms with Crippen LogP contribution in [0, 0.1) is 13.8 Å². The lowest BCUT2D eigenvalue weighted by atomic mass is 10.0. The number of hydrogen-bond acceptors (Lipinski definition) is 5. The van der Waals surface area contributed by atoms with E-state index in [9.17, 15) is 18.0 Å². The highest BCUT2D eigenvalue weighted by Crippen LogP contribution is 2.34. The fraction of sp³-hybridized carbons (Fsp3) is 0.333. The predicted molar refractivity (Wildman–Crippen MR) is 118 cm³/mol. The topological polar surface area (TPSA) is 48.4 Å². The molecule has 8 heteroatoms. The van der Waals surface area contributed by atoms with Gasteiger partial charge in [0.05, 0.1) is 16.1 Å². The number of benzene rings is 2. The number of halogens is 3. The maximum Gasteiger partial charge on any atom is 0.416 e. The Kier molecular flexibility index (Phi) is 6.64. The van der Waals surface area contributed by atoms with Crippen LogP contribution in [0.1, 0.15) is 42.5 Å². The first-order chi connectivity index (χ1) is 14.9. The number of ether oxygens (including phenoxy) is 2. The van der Waals surface area contributed by atoms with Gasteiger partial charge in [0.15, 0.2) is 11.4 Å². The SMILES string of the molecule is CC(=O)C(C)(C)Oc1ccc(OCc2sc(-c3ccc(C(F)(F)F)cc3)nc2C)cc1C. The zero-order valence-corrected chi connectivity index (χ0v) is 19.3. The van der Waals surface area contributed by atoms with Crippen LogP contribution >= 0.6 is 11.3 Å². The lowest BCUT2D eigenvalue weighted by Crippen LogP contribution is -2.36. The summed E-state index contributed by atoms with van der Waals surface area (Å²) in [5.41, 5.74) is 0.630. The molecule has 4 nitrogen and oxygen atoms in total. The first kappa shape index (κ1) is 23.8. The number of hydrogen-bond donors (Lipinski definition) is 0. The number of carbonyl (C=O) groups excluding carboxylic acids is 1. The number of carbonyl (C=O) groups is 1. The summed E-state index contributed by atoms with van der Waals surface area (Å²) in [6.45, 7) is 8.93. The van der Waals surface area contributed by atoms with E-state index in [2.05, 4.69) is 4.98 Å². The summed E-state index contributed by atoms with van der Waals surface area (Å²) in [7, 11) is 0. The summed E-state index contributed by atoms with van der Waals surface area (Å²) in [6, 6.07) is 10.3. The van der Waals surface area contributed by atoms with Gasteiger partial charge >= 0.3 is 6.18 Å². The van der Waals surface area contributed by atoms with Gasteiger partial charge in [-0.3, -0.25) is 4.79 Å². The molecule has 1 heterocycles. The lowest BCUT2D eigenvalue weighted by Gasteiger charge is -2.24. The lowest BCUT2D eigenvalue weighted by molar-refractivity contribution is -0.137.